The van der Waals surface area contributed by atoms with Crippen molar-refractivity contribution in [3.63, 3.8) is 0 Å². The molecule has 0 saturated carbocycles. The monoisotopic (exact) mass is 329 g/mol. The van der Waals surface area contributed by atoms with Gasteiger partial charge in [-0.3, -0.25) is 0 Å². The third-order valence-corrected chi connectivity index (χ3v) is 4.48. The number of H-pyrrole nitrogens is 1. The molecule has 3 nitrogen and oxygen atoms in total. The number of aromatic amines is 1. The lowest BCUT2D eigenvalue weighted by atomic mass is 10.2. The summed E-state index contributed by atoms with van der Waals surface area (Å²) < 4.78 is 40.4. The van der Waals surface area contributed by atoms with Crippen LogP contribution in [0, 0.1) is 4.77 Å². The van der Waals surface area contributed by atoms with Gasteiger partial charge >= 0.3 is 6.18 Å². The second-order valence-electron chi connectivity index (χ2n) is 4.58. The maximum Gasteiger partial charge on any atom is 0.416 e. The van der Waals surface area contributed by atoms with Gasteiger partial charge in [0.2, 0.25) is 0 Å². The molecular formula is C13H10F3N3S2. The lowest BCUT2D eigenvalue weighted by Crippen LogP contribution is -2.07. The minimum Gasteiger partial charge on any atom is -0.331 e. The highest BCUT2D eigenvalue weighted by Gasteiger charge is 2.31. The van der Waals surface area contributed by atoms with E-state index in [9.17, 15) is 13.2 Å². The molecule has 0 amide bonds. The van der Waals surface area contributed by atoms with Gasteiger partial charge in [-0.15, -0.1) is 11.3 Å². The van der Waals surface area contributed by atoms with Gasteiger partial charge in [0.1, 0.15) is 5.01 Å². The van der Waals surface area contributed by atoms with Crippen LogP contribution in [-0.4, -0.2) is 14.5 Å². The summed E-state index contributed by atoms with van der Waals surface area (Å²) in [7, 11) is 0. The van der Waals surface area contributed by atoms with Gasteiger partial charge in [0.15, 0.2) is 4.77 Å². The van der Waals surface area contributed by atoms with E-state index in [0.29, 0.717) is 15.8 Å². The van der Waals surface area contributed by atoms with Crippen molar-refractivity contribution >= 4 is 34.6 Å². The van der Waals surface area contributed by atoms with Crippen molar-refractivity contribution in [1.82, 2.24) is 14.5 Å². The molecule has 0 aliphatic rings. The van der Waals surface area contributed by atoms with Crippen molar-refractivity contribution in [2.45, 2.75) is 19.1 Å². The van der Waals surface area contributed by atoms with Crippen LogP contribution in [0.25, 0.3) is 11.0 Å². The number of rotatable bonds is 2. The molecule has 2 heterocycles. The van der Waals surface area contributed by atoms with Gasteiger partial charge in [-0.2, -0.15) is 13.2 Å². The van der Waals surface area contributed by atoms with Crippen molar-refractivity contribution < 1.29 is 13.2 Å². The van der Waals surface area contributed by atoms with Crippen LogP contribution < -0.4 is 0 Å². The molecule has 1 atom stereocenters. The van der Waals surface area contributed by atoms with Crippen molar-refractivity contribution in [1.29, 1.82) is 0 Å². The minimum absolute atomic E-state index is 0.136. The van der Waals surface area contributed by atoms with Crippen LogP contribution in [0.1, 0.15) is 23.5 Å². The number of imidazole rings is 1. The molecule has 3 rings (SSSR count). The number of thiazole rings is 1. The first-order valence-electron chi connectivity index (χ1n) is 6.09. The zero-order valence-electron chi connectivity index (χ0n) is 10.8. The van der Waals surface area contributed by atoms with E-state index in [4.69, 9.17) is 12.2 Å². The molecule has 0 aliphatic carbocycles. The highest BCUT2D eigenvalue weighted by Crippen LogP contribution is 2.32. The van der Waals surface area contributed by atoms with Gasteiger partial charge in [0.05, 0.1) is 22.6 Å². The molecule has 0 aliphatic heterocycles. The average Bonchev–Trinajstić information content (AvgIpc) is 3.02. The molecule has 1 aromatic carbocycles. The van der Waals surface area contributed by atoms with E-state index in [0.717, 1.165) is 17.1 Å². The van der Waals surface area contributed by atoms with Gasteiger partial charge in [0.25, 0.3) is 0 Å². The van der Waals surface area contributed by atoms with E-state index in [1.54, 1.807) is 10.8 Å². The molecule has 3 aromatic rings. The van der Waals surface area contributed by atoms with Crippen molar-refractivity contribution in [2.75, 3.05) is 0 Å². The number of benzene rings is 1. The van der Waals surface area contributed by atoms with Gasteiger partial charge in [-0.05, 0) is 37.3 Å². The first kappa shape index (κ1) is 14.3. The number of nitrogens with zero attached hydrogens (tertiary/aromatic N) is 2. The number of nitrogens with one attached hydrogen (secondary N) is 1. The lowest BCUT2D eigenvalue weighted by molar-refractivity contribution is -0.137. The third kappa shape index (κ3) is 2.49. The Morgan fingerprint density at radius 3 is 2.76 bits per heavy atom. The Labute approximate surface area is 127 Å². The molecule has 2 aromatic heterocycles. The molecule has 1 unspecified atom stereocenters. The summed E-state index contributed by atoms with van der Waals surface area (Å²) in [6.07, 6.45) is -2.68. The van der Waals surface area contributed by atoms with Gasteiger partial charge in [-0.25, -0.2) is 4.98 Å². The van der Waals surface area contributed by atoms with E-state index >= 15 is 0 Å². The zero-order valence-corrected chi connectivity index (χ0v) is 12.4. The predicted molar refractivity (Wildman–Crippen MR) is 78.1 cm³/mol. The summed E-state index contributed by atoms with van der Waals surface area (Å²) in [6, 6.07) is 3.45. The number of hydrogen-bond donors (Lipinski definition) is 1. The number of fused-ring (bicyclic) bond motifs is 1. The second kappa shape index (κ2) is 4.96. The fourth-order valence-corrected chi connectivity index (χ4v) is 3.29. The van der Waals surface area contributed by atoms with Crippen LogP contribution in [0.3, 0.4) is 0 Å². The summed E-state index contributed by atoms with van der Waals surface area (Å²) in [5.41, 5.74) is 0.314. The third-order valence-electron chi connectivity index (χ3n) is 3.24. The summed E-state index contributed by atoms with van der Waals surface area (Å²) >= 11 is 6.72. The molecule has 1 N–H and O–H groups in total. The Morgan fingerprint density at radius 1 is 1.38 bits per heavy atom. The second-order valence-corrected chi connectivity index (χ2v) is 5.89. The summed E-state index contributed by atoms with van der Waals surface area (Å²) in [4.78, 5) is 7.07. The highest BCUT2D eigenvalue weighted by atomic mass is 32.1. The SMILES string of the molecule is CC(c1nccs1)n1c(=S)[nH]c2cc(C(F)(F)F)ccc21. The summed E-state index contributed by atoms with van der Waals surface area (Å²) in [5, 5.41) is 2.71. The number of hydrogen-bond acceptors (Lipinski definition) is 3. The molecule has 0 bridgehead atoms. The van der Waals surface area contributed by atoms with Crippen LogP contribution in [0.4, 0.5) is 13.2 Å². The van der Waals surface area contributed by atoms with Crippen LogP contribution in [0.15, 0.2) is 29.8 Å². The van der Waals surface area contributed by atoms with E-state index in [-0.39, 0.29) is 6.04 Å². The van der Waals surface area contributed by atoms with Crippen LogP contribution in [0.5, 0.6) is 0 Å². The average molecular weight is 329 g/mol. The minimum atomic E-state index is -4.37. The van der Waals surface area contributed by atoms with Crippen molar-refractivity contribution in [2.24, 2.45) is 0 Å². The Bertz CT molecular complexity index is 831. The Hall–Kier alpha value is -1.67. The van der Waals surface area contributed by atoms with Gasteiger partial charge < -0.3 is 9.55 Å². The molecule has 0 fully saturated rings. The maximum atomic E-state index is 12.7. The Kier molecular flexibility index (Phi) is 3.37. The van der Waals surface area contributed by atoms with Crippen LogP contribution >= 0.6 is 23.6 Å². The normalized spacial score (nSPS) is 13.7. The highest BCUT2D eigenvalue weighted by molar-refractivity contribution is 7.71. The van der Waals surface area contributed by atoms with Crippen molar-refractivity contribution in [3.05, 3.63) is 45.1 Å². The van der Waals surface area contributed by atoms with Gasteiger partial charge in [0, 0.05) is 11.6 Å². The fourth-order valence-electron chi connectivity index (χ4n) is 2.24. The number of aromatic nitrogens is 3. The standard InChI is InChI=1S/C13H10F3N3S2/c1-7(11-17-4-5-21-11)19-10-3-2-8(13(14,15)16)6-9(10)18-12(19)20/h2-7H,1H3,(H,18,20). The van der Waals surface area contributed by atoms with E-state index in [1.807, 2.05) is 12.3 Å². The molecule has 110 valence electrons. The lowest BCUT2D eigenvalue weighted by Gasteiger charge is -2.12. The smallest absolute Gasteiger partial charge is 0.331 e. The van der Waals surface area contributed by atoms with E-state index in [1.165, 1.54) is 17.4 Å². The molecule has 21 heavy (non-hydrogen) atoms. The first-order valence-corrected chi connectivity index (χ1v) is 7.37. The van der Waals surface area contributed by atoms with E-state index < -0.39 is 11.7 Å². The number of halogens is 3. The van der Waals surface area contributed by atoms with E-state index in [2.05, 4.69) is 9.97 Å². The van der Waals surface area contributed by atoms with Gasteiger partial charge in [-0.1, -0.05) is 0 Å². The van der Waals surface area contributed by atoms with Crippen LogP contribution in [-0.2, 0) is 6.18 Å². The molecule has 0 radical (unpaired) electrons. The quantitative estimate of drug-likeness (QED) is 0.686. The maximum absolute atomic E-state index is 12.7. The largest absolute Gasteiger partial charge is 0.416 e. The summed E-state index contributed by atoms with van der Waals surface area (Å²) in [5.74, 6) is 0. The molecule has 8 heteroatoms. The topological polar surface area (TPSA) is 33.6 Å². The Morgan fingerprint density at radius 2 is 2.14 bits per heavy atom. The number of alkyl halides is 3. The molecule has 0 spiro atoms. The fraction of sp³-hybridized carbons (Fsp3) is 0.231. The zero-order chi connectivity index (χ0) is 15.2. The molecular weight excluding hydrogens is 319 g/mol. The predicted octanol–water partition coefficient (Wildman–Crippen LogP) is 4.78. The summed E-state index contributed by atoms with van der Waals surface area (Å²) in [6.45, 7) is 1.92. The van der Waals surface area contributed by atoms with Crippen molar-refractivity contribution in [3.8, 4) is 0 Å². The van der Waals surface area contributed by atoms with Crippen LogP contribution in [0.2, 0.25) is 0 Å². The Balaban J connectivity index is 2.17. The molecule has 0 saturated heterocycles. The first-order chi connectivity index (χ1) is 9.88.